The van der Waals surface area contributed by atoms with Crippen LogP contribution in [0.5, 0.6) is 0 Å². The second-order valence-corrected chi connectivity index (χ2v) is 9.23. The number of anilines is 1. The fraction of sp³-hybridized carbons (Fsp3) is 0.400. The number of para-hydroxylation sites is 1. The topological polar surface area (TPSA) is 79.7 Å². The Morgan fingerprint density at radius 3 is 2.54 bits per heavy atom. The van der Waals surface area contributed by atoms with Gasteiger partial charge in [-0.3, -0.25) is 9.36 Å². The number of ether oxygens (including phenoxy) is 1. The highest BCUT2D eigenvalue weighted by Crippen LogP contribution is 2.27. The first kappa shape index (κ1) is 26.9. The first-order chi connectivity index (χ1) is 16.8. The lowest BCUT2D eigenvalue weighted by Crippen LogP contribution is -2.44. The fourth-order valence-corrected chi connectivity index (χ4v) is 4.15. The average molecular weight is 520 g/mol. The molecule has 0 radical (unpaired) electrons. The number of benzene rings is 2. The summed E-state index contributed by atoms with van der Waals surface area (Å²) in [6.07, 6.45) is 0.556. The van der Waals surface area contributed by atoms with Crippen LogP contribution in [0.4, 0.5) is 10.5 Å². The number of carbonyl (C=O) groups is 1. The van der Waals surface area contributed by atoms with Crippen LogP contribution in [0.25, 0.3) is 10.9 Å². The Hall–Kier alpha value is -2.65. The number of fused-ring (bicyclic) bond motifs is 1. The van der Waals surface area contributed by atoms with Crippen molar-refractivity contribution in [2.45, 2.75) is 25.9 Å². The summed E-state index contributed by atoms with van der Waals surface area (Å²) < 4.78 is 6.88. The number of nitrogens with zero attached hydrogens (tertiary/aromatic N) is 4. The van der Waals surface area contributed by atoms with Gasteiger partial charge in [0.05, 0.1) is 40.1 Å². The number of carbonyl (C=O) groups excluding carboxylic acids is 1. The lowest BCUT2D eigenvalue weighted by atomic mass is 10.1. The molecule has 2 aromatic carbocycles. The van der Waals surface area contributed by atoms with Gasteiger partial charge in [-0.1, -0.05) is 42.3 Å². The number of hydrogen-bond donors (Lipinski definition) is 1. The van der Waals surface area contributed by atoms with Crippen molar-refractivity contribution in [1.29, 1.82) is 0 Å². The summed E-state index contributed by atoms with van der Waals surface area (Å²) in [4.78, 5) is 35.5. The van der Waals surface area contributed by atoms with Crippen LogP contribution >= 0.6 is 23.2 Å². The SMILES string of the molecule is CCC(c1nc2ccccc2c(=O)n1CCOC)N(CCN(C)C)C(=O)Nc1ccc(Cl)c(Cl)c1. The quantitative estimate of drug-likeness (QED) is 0.412. The van der Waals surface area contributed by atoms with Gasteiger partial charge in [0.1, 0.15) is 5.82 Å². The summed E-state index contributed by atoms with van der Waals surface area (Å²) >= 11 is 12.2. The second kappa shape index (κ2) is 12.4. The number of likely N-dealkylation sites (N-methyl/N-ethyl adjacent to an activating group) is 1. The third kappa shape index (κ3) is 6.52. The van der Waals surface area contributed by atoms with Crippen LogP contribution in [0.15, 0.2) is 47.3 Å². The van der Waals surface area contributed by atoms with E-state index in [-0.39, 0.29) is 11.6 Å². The van der Waals surface area contributed by atoms with Gasteiger partial charge in [-0.2, -0.15) is 0 Å². The molecule has 3 aromatic rings. The van der Waals surface area contributed by atoms with Crippen molar-refractivity contribution in [3.8, 4) is 0 Å². The molecule has 1 N–H and O–H groups in total. The maximum Gasteiger partial charge on any atom is 0.322 e. The number of halogens is 2. The number of urea groups is 1. The van der Waals surface area contributed by atoms with E-state index in [1.807, 2.05) is 44.1 Å². The van der Waals surface area contributed by atoms with E-state index in [9.17, 15) is 9.59 Å². The summed E-state index contributed by atoms with van der Waals surface area (Å²) in [6, 6.07) is 11.4. The molecule has 1 heterocycles. The number of aromatic nitrogens is 2. The Labute approximate surface area is 215 Å². The molecule has 188 valence electrons. The summed E-state index contributed by atoms with van der Waals surface area (Å²) in [6.45, 7) is 3.69. The van der Waals surface area contributed by atoms with E-state index in [1.165, 1.54) is 0 Å². The molecule has 0 aliphatic carbocycles. The molecule has 0 bridgehead atoms. The van der Waals surface area contributed by atoms with Crippen molar-refractivity contribution in [2.24, 2.45) is 0 Å². The van der Waals surface area contributed by atoms with Gasteiger partial charge >= 0.3 is 6.03 Å². The molecule has 1 aromatic heterocycles. The zero-order chi connectivity index (χ0) is 25.5. The number of amides is 2. The molecule has 35 heavy (non-hydrogen) atoms. The smallest absolute Gasteiger partial charge is 0.322 e. The predicted molar refractivity (Wildman–Crippen MR) is 142 cm³/mol. The van der Waals surface area contributed by atoms with Crippen molar-refractivity contribution in [1.82, 2.24) is 19.4 Å². The van der Waals surface area contributed by atoms with Crippen molar-refractivity contribution < 1.29 is 9.53 Å². The molecular weight excluding hydrogens is 489 g/mol. The van der Waals surface area contributed by atoms with E-state index in [2.05, 4.69) is 5.32 Å². The van der Waals surface area contributed by atoms with Gasteiger partial charge < -0.3 is 19.9 Å². The molecular formula is C25H31Cl2N5O3. The Balaban J connectivity index is 2.07. The van der Waals surface area contributed by atoms with Crippen molar-refractivity contribution in [3.63, 3.8) is 0 Å². The minimum Gasteiger partial charge on any atom is -0.383 e. The minimum absolute atomic E-state index is 0.154. The van der Waals surface area contributed by atoms with Crippen LogP contribution in [0.1, 0.15) is 25.2 Å². The van der Waals surface area contributed by atoms with Gasteiger partial charge in [-0.05, 0) is 50.8 Å². The number of hydrogen-bond acceptors (Lipinski definition) is 5. The van der Waals surface area contributed by atoms with Gasteiger partial charge in [-0.25, -0.2) is 9.78 Å². The third-order valence-electron chi connectivity index (χ3n) is 5.69. The highest BCUT2D eigenvalue weighted by atomic mass is 35.5. The van der Waals surface area contributed by atoms with E-state index in [1.54, 1.807) is 40.8 Å². The molecule has 8 nitrogen and oxygen atoms in total. The van der Waals surface area contributed by atoms with E-state index >= 15 is 0 Å². The highest BCUT2D eigenvalue weighted by molar-refractivity contribution is 6.42. The van der Waals surface area contributed by atoms with E-state index in [4.69, 9.17) is 32.9 Å². The second-order valence-electron chi connectivity index (χ2n) is 8.42. The van der Waals surface area contributed by atoms with Crippen LogP contribution in [-0.2, 0) is 11.3 Å². The normalized spacial score (nSPS) is 12.2. The molecule has 2 amide bonds. The summed E-state index contributed by atoms with van der Waals surface area (Å²) in [7, 11) is 5.47. The van der Waals surface area contributed by atoms with Crippen molar-refractivity contribution in [2.75, 3.05) is 46.2 Å². The molecule has 10 heteroatoms. The molecule has 0 spiro atoms. The summed E-state index contributed by atoms with van der Waals surface area (Å²) in [5.74, 6) is 0.524. The number of nitrogens with one attached hydrogen (secondary N) is 1. The summed E-state index contributed by atoms with van der Waals surface area (Å²) in [5.41, 5.74) is 0.966. The van der Waals surface area contributed by atoms with Crippen LogP contribution in [0, 0.1) is 0 Å². The fourth-order valence-electron chi connectivity index (χ4n) is 3.86. The average Bonchev–Trinajstić information content (AvgIpc) is 2.83. The van der Waals surface area contributed by atoms with Gasteiger partial charge in [0.25, 0.3) is 5.56 Å². The third-order valence-corrected chi connectivity index (χ3v) is 6.43. The largest absolute Gasteiger partial charge is 0.383 e. The van der Waals surface area contributed by atoms with Crippen LogP contribution in [0.2, 0.25) is 10.0 Å². The van der Waals surface area contributed by atoms with Gasteiger partial charge in [0.15, 0.2) is 0 Å². The van der Waals surface area contributed by atoms with Crippen LogP contribution in [-0.4, -0.2) is 66.3 Å². The maximum atomic E-state index is 13.5. The minimum atomic E-state index is -0.452. The predicted octanol–water partition coefficient (Wildman–Crippen LogP) is 4.90. The Bertz CT molecular complexity index is 1230. The Morgan fingerprint density at radius 2 is 1.89 bits per heavy atom. The van der Waals surface area contributed by atoms with Gasteiger partial charge in [-0.15, -0.1) is 0 Å². The molecule has 3 rings (SSSR count). The molecule has 0 aliphatic heterocycles. The zero-order valence-electron chi connectivity index (χ0n) is 20.4. The van der Waals surface area contributed by atoms with E-state index in [0.717, 1.165) is 0 Å². The molecule has 0 saturated heterocycles. The lowest BCUT2D eigenvalue weighted by Gasteiger charge is -2.33. The number of methoxy groups -OCH3 is 1. The van der Waals surface area contributed by atoms with Crippen LogP contribution < -0.4 is 10.9 Å². The monoisotopic (exact) mass is 519 g/mol. The van der Waals surface area contributed by atoms with Crippen LogP contribution in [0.3, 0.4) is 0 Å². The Kier molecular flexibility index (Phi) is 9.51. The zero-order valence-corrected chi connectivity index (χ0v) is 21.9. The van der Waals surface area contributed by atoms with E-state index in [0.29, 0.717) is 65.1 Å². The van der Waals surface area contributed by atoms with Gasteiger partial charge in [0, 0.05) is 25.9 Å². The number of rotatable bonds is 10. The van der Waals surface area contributed by atoms with E-state index < -0.39 is 6.04 Å². The lowest BCUT2D eigenvalue weighted by molar-refractivity contribution is 0.164. The molecule has 0 saturated carbocycles. The maximum absolute atomic E-state index is 13.5. The first-order valence-electron chi connectivity index (χ1n) is 11.4. The highest BCUT2D eigenvalue weighted by Gasteiger charge is 2.29. The molecule has 1 atom stereocenters. The van der Waals surface area contributed by atoms with Gasteiger partial charge in [0.2, 0.25) is 0 Å². The molecule has 0 fully saturated rings. The summed E-state index contributed by atoms with van der Waals surface area (Å²) in [5, 5.41) is 4.20. The molecule has 0 aliphatic rings. The van der Waals surface area contributed by atoms with Crippen molar-refractivity contribution >= 4 is 45.8 Å². The van der Waals surface area contributed by atoms with Crippen molar-refractivity contribution in [3.05, 3.63) is 68.7 Å². The first-order valence-corrected chi connectivity index (χ1v) is 12.2. The molecule has 1 unspecified atom stereocenters. The Morgan fingerprint density at radius 1 is 1.14 bits per heavy atom. The standard InChI is InChI=1S/C25H31Cl2N5O3/c1-5-22(23-29-21-9-7-6-8-18(21)24(33)32(23)14-15-35-4)31(13-12-30(2)3)25(34)28-17-10-11-19(26)20(27)16-17/h6-11,16,22H,5,12-15H2,1-4H3,(H,28,34).